The van der Waals surface area contributed by atoms with Crippen molar-refractivity contribution in [2.45, 2.75) is 97.2 Å². The van der Waals surface area contributed by atoms with E-state index in [0.717, 1.165) is 29.9 Å². The highest BCUT2D eigenvalue weighted by molar-refractivity contribution is 5.86. The number of rotatable bonds is 5. The van der Waals surface area contributed by atoms with Crippen LogP contribution >= 0.6 is 0 Å². The van der Waals surface area contributed by atoms with Crippen molar-refractivity contribution in [3.63, 3.8) is 0 Å². The highest BCUT2D eigenvalue weighted by atomic mass is 16.6. The summed E-state index contributed by atoms with van der Waals surface area (Å²) in [5.74, 6) is 2.17. The van der Waals surface area contributed by atoms with Gasteiger partial charge in [0.1, 0.15) is 28.7 Å². The summed E-state index contributed by atoms with van der Waals surface area (Å²) in [5.41, 5.74) is 0.0305. The highest BCUT2D eigenvalue weighted by Crippen LogP contribution is 2.53. The summed E-state index contributed by atoms with van der Waals surface area (Å²) in [6.45, 7) is 15.0. The van der Waals surface area contributed by atoms with Crippen LogP contribution in [0.15, 0.2) is 18.2 Å². The van der Waals surface area contributed by atoms with Gasteiger partial charge in [0.2, 0.25) is 5.91 Å². The Morgan fingerprint density at radius 1 is 1.24 bits per heavy atom. The standard InChI is InChI=1S/C29H44N2O6/c1-17(2)13-22(30-27(33)37-28(3,4)5)26(32)31-12-11-23-18(16-31)14-21-25(35-23)20-10-9-19(34-8)15-24(20)36-29(21,6)7/h9-10,15,17-18,21-23,25H,11-14,16H2,1-8H3,(H,30,33)/t18-,21+,22+,23+,25-/m1/s1. The van der Waals surface area contributed by atoms with Crippen LogP contribution in [0.2, 0.25) is 0 Å². The highest BCUT2D eigenvalue weighted by Gasteiger charge is 2.52. The summed E-state index contributed by atoms with van der Waals surface area (Å²) in [5, 5.41) is 2.84. The van der Waals surface area contributed by atoms with E-state index in [0.29, 0.717) is 19.5 Å². The lowest BCUT2D eigenvalue weighted by atomic mass is 9.70. The van der Waals surface area contributed by atoms with Gasteiger partial charge in [0, 0.05) is 36.6 Å². The Balaban J connectivity index is 1.47. The number of alkyl carbamates (subject to hydrolysis) is 1. The van der Waals surface area contributed by atoms with Gasteiger partial charge in [-0.1, -0.05) is 13.8 Å². The number of likely N-dealkylation sites (tertiary alicyclic amines) is 1. The number of benzene rings is 1. The van der Waals surface area contributed by atoms with Crippen molar-refractivity contribution in [1.82, 2.24) is 10.2 Å². The zero-order valence-corrected chi connectivity index (χ0v) is 23.6. The van der Waals surface area contributed by atoms with E-state index in [2.05, 4.69) is 39.1 Å². The molecule has 3 heterocycles. The van der Waals surface area contributed by atoms with Gasteiger partial charge >= 0.3 is 6.09 Å². The molecule has 1 aromatic rings. The summed E-state index contributed by atoms with van der Waals surface area (Å²) in [7, 11) is 1.66. The first-order chi connectivity index (χ1) is 17.3. The van der Waals surface area contributed by atoms with E-state index in [9.17, 15) is 9.59 Å². The van der Waals surface area contributed by atoms with E-state index in [1.807, 2.05) is 37.8 Å². The van der Waals surface area contributed by atoms with Crippen LogP contribution in [0.5, 0.6) is 11.5 Å². The SMILES string of the molecule is COc1ccc2c(c1)OC(C)(C)[C@H]1C[C@@H]3CN(C(=O)[C@H](CC(C)C)NC(=O)OC(C)(C)C)CC[C@@H]3O[C@H]21. The smallest absolute Gasteiger partial charge is 0.408 e. The molecule has 1 N–H and O–H groups in total. The number of nitrogens with one attached hydrogen (secondary N) is 1. The fourth-order valence-electron chi connectivity index (χ4n) is 5.97. The van der Waals surface area contributed by atoms with Gasteiger partial charge in [-0.15, -0.1) is 0 Å². The second kappa shape index (κ2) is 10.4. The Hall–Kier alpha value is -2.48. The first kappa shape index (κ1) is 27.6. The summed E-state index contributed by atoms with van der Waals surface area (Å²) in [6.07, 6.45) is 1.72. The second-order valence-corrected chi connectivity index (χ2v) is 12.7. The summed E-state index contributed by atoms with van der Waals surface area (Å²) in [6, 6.07) is 5.34. The molecule has 8 nitrogen and oxygen atoms in total. The summed E-state index contributed by atoms with van der Waals surface area (Å²) < 4.78 is 24.0. The van der Waals surface area contributed by atoms with Gasteiger partial charge in [-0.25, -0.2) is 4.79 Å². The molecule has 0 bridgehead atoms. The molecule has 0 unspecified atom stereocenters. The predicted molar refractivity (Wildman–Crippen MR) is 141 cm³/mol. The normalized spacial score (nSPS) is 27.2. The molecule has 3 aliphatic heterocycles. The van der Waals surface area contributed by atoms with Crippen molar-refractivity contribution in [3.05, 3.63) is 23.8 Å². The Morgan fingerprint density at radius 2 is 1.97 bits per heavy atom. The minimum absolute atomic E-state index is 0.0447. The topological polar surface area (TPSA) is 86.3 Å². The largest absolute Gasteiger partial charge is 0.497 e. The lowest BCUT2D eigenvalue weighted by Gasteiger charge is -2.53. The number of carbonyl (C=O) groups excluding carboxylic acids is 2. The van der Waals surface area contributed by atoms with Crippen LogP contribution in [0.4, 0.5) is 4.79 Å². The van der Waals surface area contributed by atoms with E-state index in [4.69, 9.17) is 18.9 Å². The van der Waals surface area contributed by atoms with E-state index in [1.54, 1.807) is 7.11 Å². The molecule has 0 aromatic heterocycles. The quantitative estimate of drug-likeness (QED) is 0.586. The number of methoxy groups -OCH3 is 1. The van der Waals surface area contributed by atoms with E-state index in [-0.39, 0.29) is 35.9 Å². The summed E-state index contributed by atoms with van der Waals surface area (Å²) in [4.78, 5) is 28.0. The summed E-state index contributed by atoms with van der Waals surface area (Å²) >= 11 is 0. The maximum absolute atomic E-state index is 13.6. The molecule has 2 fully saturated rings. The van der Waals surface area contributed by atoms with Gasteiger partial charge in [0.25, 0.3) is 0 Å². The van der Waals surface area contributed by atoms with Gasteiger partial charge in [-0.05, 0) is 71.9 Å². The second-order valence-electron chi connectivity index (χ2n) is 12.7. The number of carbonyl (C=O) groups is 2. The third kappa shape index (κ3) is 6.16. The van der Waals surface area contributed by atoms with E-state index in [1.165, 1.54) is 0 Å². The predicted octanol–water partition coefficient (Wildman–Crippen LogP) is 5.10. The van der Waals surface area contributed by atoms with Crippen molar-refractivity contribution in [1.29, 1.82) is 0 Å². The number of hydrogen-bond donors (Lipinski definition) is 1. The maximum atomic E-state index is 13.6. The number of ether oxygens (including phenoxy) is 4. The van der Waals surface area contributed by atoms with Crippen LogP contribution in [-0.2, 0) is 14.3 Å². The maximum Gasteiger partial charge on any atom is 0.408 e. The molecule has 1 aromatic carbocycles. The van der Waals surface area contributed by atoms with Gasteiger partial charge < -0.3 is 29.2 Å². The van der Waals surface area contributed by atoms with Crippen LogP contribution in [0.1, 0.15) is 79.4 Å². The van der Waals surface area contributed by atoms with Gasteiger partial charge in [0.05, 0.1) is 19.3 Å². The number of nitrogens with zero attached hydrogens (tertiary/aromatic N) is 1. The van der Waals surface area contributed by atoms with Crippen molar-refractivity contribution < 1.29 is 28.5 Å². The molecule has 0 spiro atoms. The minimum atomic E-state index is -0.623. The number of fused-ring (bicyclic) bond motifs is 4. The Bertz CT molecular complexity index is 1000. The van der Waals surface area contributed by atoms with E-state index >= 15 is 0 Å². The molecule has 4 rings (SSSR count). The zero-order valence-electron chi connectivity index (χ0n) is 23.6. The molecule has 8 heteroatoms. The number of hydrogen-bond acceptors (Lipinski definition) is 6. The molecule has 3 aliphatic rings. The average Bonchev–Trinajstić information content (AvgIpc) is 2.79. The molecule has 37 heavy (non-hydrogen) atoms. The molecule has 206 valence electrons. The molecular weight excluding hydrogens is 472 g/mol. The minimum Gasteiger partial charge on any atom is -0.497 e. The third-order valence-corrected chi connectivity index (χ3v) is 7.71. The van der Waals surface area contributed by atoms with Crippen LogP contribution in [0.25, 0.3) is 0 Å². The van der Waals surface area contributed by atoms with Crippen molar-refractivity contribution >= 4 is 12.0 Å². The molecule has 0 radical (unpaired) electrons. The molecule has 2 amide bonds. The Morgan fingerprint density at radius 3 is 2.62 bits per heavy atom. The molecular formula is C29H44N2O6. The van der Waals surface area contributed by atoms with Crippen molar-refractivity contribution in [2.75, 3.05) is 20.2 Å². The number of amides is 2. The third-order valence-electron chi connectivity index (χ3n) is 7.71. The van der Waals surface area contributed by atoms with Crippen LogP contribution in [-0.4, -0.2) is 60.4 Å². The average molecular weight is 517 g/mol. The van der Waals surface area contributed by atoms with Crippen molar-refractivity contribution in [2.24, 2.45) is 17.8 Å². The lowest BCUT2D eigenvalue weighted by Crippen LogP contribution is -2.58. The van der Waals surface area contributed by atoms with E-state index < -0.39 is 23.3 Å². The Labute approximate surface area is 221 Å². The monoisotopic (exact) mass is 516 g/mol. The molecule has 0 aliphatic carbocycles. The zero-order chi connectivity index (χ0) is 27.1. The first-order valence-electron chi connectivity index (χ1n) is 13.6. The van der Waals surface area contributed by atoms with Gasteiger partial charge in [-0.2, -0.15) is 0 Å². The Kier molecular flexibility index (Phi) is 7.71. The first-order valence-corrected chi connectivity index (χ1v) is 13.6. The number of piperidine rings is 1. The van der Waals surface area contributed by atoms with Gasteiger partial charge in [-0.3, -0.25) is 4.79 Å². The lowest BCUT2D eigenvalue weighted by molar-refractivity contribution is -0.189. The van der Waals surface area contributed by atoms with Crippen LogP contribution in [0, 0.1) is 17.8 Å². The van der Waals surface area contributed by atoms with Gasteiger partial charge in [0.15, 0.2) is 0 Å². The molecule has 2 saturated heterocycles. The molecule has 5 atom stereocenters. The van der Waals surface area contributed by atoms with Crippen LogP contribution < -0.4 is 14.8 Å². The molecule has 0 saturated carbocycles. The fraction of sp³-hybridized carbons (Fsp3) is 0.724. The fourth-order valence-corrected chi connectivity index (χ4v) is 5.97. The van der Waals surface area contributed by atoms with Crippen molar-refractivity contribution in [3.8, 4) is 11.5 Å². The van der Waals surface area contributed by atoms with Crippen LogP contribution in [0.3, 0.4) is 0 Å².